The topological polar surface area (TPSA) is 97.1 Å². The predicted molar refractivity (Wildman–Crippen MR) is 136 cm³/mol. The number of para-hydroxylation sites is 1. The minimum Gasteiger partial charge on any atom is -0.497 e. The zero-order valence-electron chi connectivity index (χ0n) is 20.6. The molecule has 1 saturated heterocycles. The summed E-state index contributed by atoms with van der Waals surface area (Å²) in [6.45, 7) is 5.41. The Morgan fingerprint density at radius 3 is 2.42 bits per heavy atom. The van der Waals surface area contributed by atoms with Gasteiger partial charge in [0.15, 0.2) is 0 Å². The van der Waals surface area contributed by atoms with E-state index in [0.717, 1.165) is 56.2 Å². The SMILES string of the molecule is COc1ccc(Oc2nc(N3CCN(C)CC3)nc3c2CN(Cc2ccccc2[N+](=O)[O-])CC3)cc1. The van der Waals surface area contributed by atoms with Crippen LogP contribution in [0.15, 0.2) is 48.5 Å². The number of hydrogen-bond acceptors (Lipinski definition) is 9. The van der Waals surface area contributed by atoms with E-state index in [-0.39, 0.29) is 10.6 Å². The molecule has 0 N–H and O–H groups in total. The average molecular weight is 491 g/mol. The second-order valence-electron chi connectivity index (χ2n) is 9.17. The maximum Gasteiger partial charge on any atom is 0.273 e. The first kappa shape index (κ1) is 24.0. The van der Waals surface area contributed by atoms with E-state index in [0.29, 0.717) is 36.2 Å². The molecule has 0 saturated carbocycles. The highest BCUT2D eigenvalue weighted by Gasteiger charge is 2.27. The number of nitrogens with zero attached hydrogens (tertiary/aromatic N) is 6. The number of anilines is 1. The maximum atomic E-state index is 11.5. The first-order valence-corrected chi connectivity index (χ1v) is 12.1. The molecule has 1 fully saturated rings. The molecule has 0 unspecified atom stereocenters. The number of methoxy groups -OCH3 is 1. The fraction of sp³-hybridized carbons (Fsp3) is 0.385. The Balaban J connectivity index is 1.44. The van der Waals surface area contributed by atoms with Crippen molar-refractivity contribution in [1.82, 2.24) is 19.8 Å². The van der Waals surface area contributed by atoms with Crippen molar-refractivity contribution in [2.45, 2.75) is 19.5 Å². The van der Waals surface area contributed by atoms with E-state index in [9.17, 15) is 10.1 Å². The van der Waals surface area contributed by atoms with Crippen LogP contribution in [0.4, 0.5) is 11.6 Å². The molecule has 2 aromatic carbocycles. The molecule has 0 spiro atoms. The number of likely N-dealkylation sites (N-methyl/N-ethyl adjacent to an activating group) is 1. The van der Waals surface area contributed by atoms with Gasteiger partial charge < -0.3 is 19.3 Å². The summed E-state index contributed by atoms with van der Waals surface area (Å²) in [6.07, 6.45) is 0.720. The average Bonchev–Trinajstić information content (AvgIpc) is 2.90. The molecule has 2 aliphatic rings. The first-order chi connectivity index (χ1) is 17.5. The van der Waals surface area contributed by atoms with E-state index in [4.69, 9.17) is 19.4 Å². The lowest BCUT2D eigenvalue weighted by molar-refractivity contribution is -0.385. The molecular formula is C26H30N6O4. The Bertz CT molecular complexity index is 1230. The Morgan fingerprint density at radius 2 is 1.69 bits per heavy atom. The van der Waals surface area contributed by atoms with Crippen molar-refractivity contribution in [3.63, 3.8) is 0 Å². The lowest BCUT2D eigenvalue weighted by Crippen LogP contribution is -2.45. The molecule has 1 aromatic heterocycles. The third kappa shape index (κ3) is 5.24. The van der Waals surface area contributed by atoms with Gasteiger partial charge in [-0.15, -0.1) is 0 Å². The minimum absolute atomic E-state index is 0.139. The van der Waals surface area contributed by atoms with E-state index < -0.39 is 0 Å². The highest BCUT2D eigenvalue weighted by atomic mass is 16.6. The van der Waals surface area contributed by atoms with Gasteiger partial charge in [0, 0.05) is 63.9 Å². The summed E-state index contributed by atoms with van der Waals surface area (Å²) in [5.41, 5.74) is 2.73. The summed E-state index contributed by atoms with van der Waals surface area (Å²) in [5.74, 6) is 2.64. The number of benzene rings is 2. The lowest BCUT2D eigenvalue weighted by atomic mass is 10.0. The summed E-state index contributed by atoms with van der Waals surface area (Å²) in [6, 6.07) is 14.3. The summed E-state index contributed by atoms with van der Waals surface area (Å²) in [7, 11) is 3.75. The minimum atomic E-state index is -0.323. The molecule has 0 aliphatic carbocycles. The molecule has 188 valence electrons. The molecule has 5 rings (SSSR count). The molecule has 0 radical (unpaired) electrons. The number of ether oxygens (including phenoxy) is 2. The van der Waals surface area contributed by atoms with Gasteiger partial charge in [-0.1, -0.05) is 18.2 Å². The fourth-order valence-electron chi connectivity index (χ4n) is 4.61. The zero-order chi connectivity index (χ0) is 25.1. The van der Waals surface area contributed by atoms with Crippen molar-refractivity contribution in [2.24, 2.45) is 0 Å². The molecule has 0 amide bonds. The van der Waals surface area contributed by atoms with Crippen LogP contribution >= 0.6 is 0 Å². The molecule has 3 aromatic rings. The summed E-state index contributed by atoms with van der Waals surface area (Å²) >= 11 is 0. The number of fused-ring (bicyclic) bond motifs is 1. The van der Waals surface area contributed by atoms with Crippen molar-refractivity contribution in [2.75, 3.05) is 51.8 Å². The summed E-state index contributed by atoms with van der Waals surface area (Å²) in [5, 5.41) is 11.5. The van der Waals surface area contributed by atoms with E-state index in [2.05, 4.69) is 21.7 Å². The standard InChI is InChI=1S/C26H30N6O4/c1-29-13-15-31(16-14-29)26-27-23-11-12-30(17-19-5-3-4-6-24(19)32(33)34)18-22(23)25(28-26)36-21-9-7-20(35-2)8-10-21/h3-10H,11-18H2,1-2H3. The van der Waals surface area contributed by atoms with Crippen molar-refractivity contribution >= 4 is 11.6 Å². The van der Waals surface area contributed by atoms with Crippen LogP contribution in [-0.2, 0) is 19.5 Å². The van der Waals surface area contributed by atoms with Crippen molar-refractivity contribution < 1.29 is 14.4 Å². The predicted octanol–water partition coefficient (Wildman–Crippen LogP) is 3.50. The van der Waals surface area contributed by atoms with Crippen LogP contribution in [-0.4, -0.2) is 71.6 Å². The molecule has 10 heteroatoms. The largest absolute Gasteiger partial charge is 0.497 e. The van der Waals surface area contributed by atoms with Gasteiger partial charge in [0.05, 0.1) is 23.3 Å². The van der Waals surface area contributed by atoms with Gasteiger partial charge in [-0.05, 0) is 31.3 Å². The van der Waals surface area contributed by atoms with Gasteiger partial charge >= 0.3 is 0 Å². The second-order valence-corrected chi connectivity index (χ2v) is 9.17. The van der Waals surface area contributed by atoms with Gasteiger partial charge in [0.1, 0.15) is 11.5 Å². The van der Waals surface area contributed by atoms with Gasteiger partial charge in [-0.25, -0.2) is 4.98 Å². The number of aromatic nitrogens is 2. The van der Waals surface area contributed by atoms with E-state index in [1.54, 1.807) is 19.2 Å². The number of piperazine rings is 1. The van der Waals surface area contributed by atoms with E-state index in [1.807, 2.05) is 36.4 Å². The van der Waals surface area contributed by atoms with Crippen LogP contribution in [0.2, 0.25) is 0 Å². The van der Waals surface area contributed by atoms with Crippen LogP contribution in [0.3, 0.4) is 0 Å². The molecule has 0 atom stereocenters. The third-order valence-electron chi connectivity index (χ3n) is 6.73. The lowest BCUT2D eigenvalue weighted by Gasteiger charge is -2.34. The van der Waals surface area contributed by atoms with Gasteiger partial charge in [0.25, 0.3) is 5.69 Å². The molecule has 36 heavy (non-hydrogen) atoms. The van der Waals surface area contributed by atoms with Crippen molar-refractivity contribution in [3.05, 3.63) is 75.5 Å². The van der Waals surface area contributed by atoms with Crippen LogP contribution in [0.25, 0.3) is 0 Å². The van der Waals surface area contributed by atoms with Crippen molar-refractivity contribution in [3.8, 4) is 17.4 Å². The Morgan fingerprint density at radius 1 is 0.972 bits per heavy atom. The number of hydrogen-bond donors (Lipinski definition) is 0. The second kappa shape index (κ2) is 10.5. The number of rotatable bonds is 7. The molecule has 10 nitrogen and oxygen atoms in total. The van der Waals surface area contributed by atoms with Crippen LogP contribution < -0.4 is 14.4 Å². The smallest absolute Gasteiger partial charge is 0.273 e. The monoisotopic (exact) mass is 490 g/mol. The van der Waals surface area contributed by atoms with E-state index >= 15 is 0 Å². The summed E-state index contributed by atoms with van der Waals surface area (Å²) in [4.78, 5) is 27.7. The molecule has 2 aliphatic heterocycles. The van der Waals surface area contributed by atoms with Gasteiger partial charge in [-0.2, -0.15) is 4.98 Å². The van der Waals surface area contributed by atoms with Crippen LogP contribution in [0.1, 0.15) is 16.8 Å². The van der Waals surface area contributed by atoms with E-state index in [1.165, 1.54) is 0 Å². The maximum absolute atomic E-state index is 11.5. The highest BCUT2D eigenvalue weighted by molar-refractivity contribution is 5.45. The number of nitro benzene ring substituents is 1. The van der Waals surface area contributed by atoms with Crippen LogP contribution in [0, 0.1) is 10.1 Å². The zero-order valence-corrected chi connectivity index (χ0v) is 20.6. The number of nitro groups is 1. The van der Waals surface area contributed by atoms with Gasteiger partial charge in [0.2, 0.25) is 11.8 Å². The fourth-order valence-corrected chi connectivity index (χ4v) is 4.61. The van der Waals surface area contributed by atoms with Crippen molar-refractivity contribution in [1.29, 1.82) is 0 Å². The van der Waals surface area contributed by atoms with Crippen LogP contribution in [0.5, 0.6) is 17.4 Å². The Hall–Kier alpha value is -3.76. The Labute approximate surface area is 210 Å². The normalized spacial score (nSPS) is 16.4. The Kier molecular flexibility index (Phi) is 6.97. The highest BCUT2D eigenvalue weighted by Crippen LogP contribution is 2.33. The summed E-state index contributed by atoms with van der Waals surface area (Å²) < 4.78 is 11.6. The third-order valence-corrected chi connectivity index (χ3v) is 6.73. The quantitative estimate of drug-likeness (QED) is 0.364. The molecular weight excluding hydrogens is 460 g/mol. The first-order valence-electron chi connectivity index (χ1n) is 12.1. The molecule has 0 bridgehead atoms. The molecule has 3 heterocycles. The van der Waals surface area contributed by atoms with Gasteiger partial charge in [-0.3, -0.25) is 15.0 Å².